The van der Waals surface area contributed by atoms with E-state index in [1.54, 1.807) is 12.6 Å². The van der Waals surface area contributed by atoms with Gasteiger partial charge in [0.1, 0.15) is 5.75 Å². The monoisotopic (exact) mass is 598 g/mol. The molecule has 0 radical (unpaired) electrons. The van der Waals surface area contributed by atoms with Crippen LogP contribution in [-0.4, -0.2) is 91.0 Å². The van der Waals surface area contributed by atoms with E-state index in [1.807, 2.05) is 25.1 Å². The van der Waals surface area contributed by atoms with Crippen LogP contribution in [0.25, 0.3) is 0 Å². The fourth-order valence-electron chi connectivity index (χ4n) is 5.52. The van der Waals surface area contributed by atoms with E-state index in [4.69, 9.17) is 25.4 Å². The summed E-state index contributed by atoms with van der Waals surface area (Å²) in [6.45, 7) is 8.10. The topological polar surface area (TPSA) is 167 Å². The molecule has 0 unspecified atom stereocenters. The summed E-state index contributed by atoms with van der Waals surface area (Å²) in [7, 11) is 1.66. The van der Waals surface area contributed by atoms with Gasteiger partial charge in [0.25, 0.3) is 5.91 Å². The van der Waals surface area contributed by atoms with E-state index in [0.717, 1.165) is 82.7 Å². The van der Waals surface area contributed by atoms with Crippen LogP contribution < -0.4 is 31.5 Å². The van der Waals surface area contributed by atoms with Crippen molar-refractivity contribution in [3.63, 3.8) is 0 Å². The summed E-state index contributed by atoms with van der Waals surface area (Å²) in [4.78, 5) is 37.6. The third-order valence-electron chi connectivity index (χ3n) is 8.01. The molecule has 0 spiro atoms. The molecular weight excluding hydrogens is 552 g/mol. The Hall–Kier alpha value is -3.68. The number of aromatic nitrogens is 2. The Morgan fingerprint density at radius 3 is 2.49 bits per heavy atom. The fraction of sp³-hybridized carbons (Fsp3) is 0.600. The second-order valence-electron chi connectivity index (χ2n) is 11.0. The number of piperazine rings is 1. The molecule has 0 aliphatic carbocycles. The number of aryl methyl sites for hydroxylation is 1. The molecule has 2 amide bonds. The van der Waals surface area contributed by atoms with Crippen molar-refractivity contribution in [2.45, 2.75) is 64.3 Å². The number of methoxy groups -OCH3 is 1. The molecule has 1 aromatic carbocycles. The summed E-state index contributed by atoms with van der Waals surface area (Å²) in [6.07, 6.45) is 6.67. The molecule has 0 atom stereocenters. The molecule has 2 aliphatic heterocycles. The number of primary amides is 1. The van der Waals surface area contributed by atoms with Crippen LogP contribution in [0.2, 0.25) is 0 Å². The summed E-state index contributed by atoms with van der Waals surface area (Å²) in [6, 6.07) is 6.11. The van der Waals surface area contributed by atoms with Gasteiger partial charge in [-0.2, -0.15) is 0 Å². The molecule has 236 valence electrons. The molecule has 13 nitrogen and oxygen atoms in total. The van der Waals surface area contributed by atoms with Crippen LogP contribution in [0.15, 0.2) is 18.2 Å². The first-order chi connectivity index (χ1) is 20.9. The zero-order valence-electron chi connectivity index (χ0n) is 25.4. The Kier molecular flexibility index (Phi) is 12.2. The number of hydrogen-bond acceptors (Lipinski definition) is 11. The molecule has 2 aromatic rings. The second kappa shape index (κ2) is 16.2. The summed E-state index contributed by atoms with van der Waals surface area (Å²) < 4.78 is 11.3. The van der Waals surface area contributed by atoms with Gasteiger partial charge in [-0.15, -0.1) is 0 Å². The first-order valence-electron chi connectivity index (χ1n) is 15.3. The molecule has 4 rings (SSSR count). The molecule has 1 aromatic heterocycles. The average molecular weight is 599 g/mol. The van der Waals surface area contributed by atoms with Crippen LogP contribution in [0.4, 0.5) is 23.0 Å². The van der Waals surface area contributed by atoms with Crippen molar-refractivity contribution in [3.8, 4) is 5.75 Å². The number of hydroxylamine groups is 1. The molecule has 6 N–H and O–H groups in total. The minimum absolute atomic E-state index is 0.101. The number of ether oxygens (including phenoxy) is 2. The van der Waals surface area contributed by atoms with E-state index < -0.39 is 5.91 Å². The Labute approximate surface area is 253 Å². The van der Waals surface area contributed by atoms with Gasteiger partial charge in [0.2, 0.25) is 5.91 Å². The maximum atomic E-state index is 12.3. The third-order valence-corrected chi connectivity index (χ3v) is 8.01. The smallest absolute Gasteiger partial charge is 0.271 e. The highest BCUT2D eigenvalue weighted by Crippen LogP contribution is 2.34. The summed E-state index contributed by atoms with van der Waals surface area (Å²) in [5.74, 6) is 0.719. The number of amides is 2. The highest BCUT2D eigenvalue weighted by Gasteiger charge is 2.23. The van der Waals surface area contributed by atoms with Crippen molar-refractivity contribution in [1.82, 2.24) is 20.3 Å². The largest absolute Gasteiger partial charge is 0.495 e. The average Bonchev–Trinajstić information content (AvgIpc) is 3.03. The van der Waals surface area contributed by atoms with Crippen LogP contribution in [0.3, 0.4) is 0 Å². The van der Waals surface area contributed by atoms with Crippen LogP contribution in [-0.2, 0) is 16.0 Å². The van der Waals surface area contributed by atoms with Crippen LogP contribution >= 0.6 is 0 Å². The number of carbonyl (C=O) groups excluding carboxylic acids is 2. The second-order valence-corrected chi connectivity index (χ2v) is 11.0. The molecule has 13 heteroatoms. The maximum Gasteiger partial charge on any atom is 0.271 e. The van der Waals surface area contributed by atoms with Crippen LogP contribution in [0.1, 0.15) is 68.1 Å². The minimum atomic E-state index is -0.641. The predicted molar refractivity (Wildman–Crippen MR) is 165 cm³/mol. The van der Waals surface area contributed by atoms with E-state index in [2.05, 4.69) is 25.4 Å². The fourth-order valence-corrected chi connectivity index (χ4v) is 5.52. The molecule has 3 heterocycles. The summed E-state index contributed by atoms with van der Waals surface area (Å²) in [5.41, 5.74) is 9.92. The number of rotatable bonds is 15. The molecule has 2 saturated heterocycles. The number of nitrogens with two attached hydrogens (primary N) is 1. The van der Waals surface area contributed by atoms with Crippen molar-refractivity contribution in [1.29, 1.82) is 0 Å². The summed E-state index contributed by atoms with van der Waals surface area (Å²) >= 11 is 0. The van der Waals surface area contributed by atoms with Gasteiger partial charge in [0, 0.05) is 63.6 Å². The van der Waals surface area contributed by atoms with E-state index in [9.17, 15) is 9.59 Å². The third kappa shape index (κ3) is 9.15. The van der Waals surface area contributed by atoms with Gasteiger partial charge in [0.05, 0.1) is 18.5 Å². The van der Waals surface area contributed by atoms with Crippen molar-refractivity contribution in [2.24, 2.45) is 5.73 Å². The van der Waals surface area contributed by atoms with Crippen molar-refractivity contribution in [3.05, 3.63) is 29.6 Å². The van der Waals surface area contributed by atoms with Gasteiger partial charge in [-0.25, -0.2) is 15.4 Å². The normalized spacial score (nSPS) is 16.1. The van der Waals surface area contributed by atoms with Crippen LogP contribution in [0.5, 0.6) is 5.75 Å². The number of nitrogens with one attached hydrogen (secondary N) is 3. The molecule has 2 aliphatic rings. The molecule has 43 heavy (non-hydrogen) atoms. The van der Waals surface area contributed by atoms with E-state index >= 15 is 0 Å². The lowest BCUT2D eigenvalue weighted by Crippen LogP contribution is -2.46. The Morgan fingerprint density at radius 2 is 1.81 bits per heavy atom. The zero-order chi connectivity index (χ0) is 30.6. The minimum Gasteiger partial charge on any atom is -0.495 e. The van der Waals surface area contributed by atoms with E-state index in [1.165, 1.54) is 0 Å². The van der Waals surface area contributed by atoms with Crippen molar-refractivity contribution in [2.75, 3.05) is 68.6 Å². The first-order valence-corrected chi connectivity index (χ1v) is 15.3. The molecule has 0 bridgehead atoms. The number of carbonyl (C=O) groups is 2. The number of benzene rings is 1. The molecule has 2 fully saturated rings. The SMILES string of the molecule is CCc1nc(C(N)=O)c(Nc2ccc(N3CCN(CCCCCCC(=O)NO)CC3)c(OC)c2)nc1NC1CCOCC1. The predicted octanol–water partition coefficient (Wildman–Crippen LogP) is 3.06. The van der Waals surface area contributed by atoms with Gasteiger partial charge < -0.3 is 30.7 Å². The van der Waals surface area contributed by atoms with Crippen LogP contribution in [0, 0.1) is 0 Å². The lowest BCUT2D eigenvalue weighted by molar-refractivity contribution is -0.129. The number of unbranched alkanes of at least 4 members (excludes halogenated alkanes) is 3. The van der Waals surface area contributed by atoms with Gasteiger partial charge in [0.15, 0.2) is 17.3 Å². The van der Waals surface area contributed by atoms with Gasteiger partial charge in [-0.05, 0) is 50.8 Å². The van der Waals surface area contributed by atoms with E-state index in [0.29, 0.717) is 49.1 Å². The quantitative estimate of drug-likeness (QED) is 0.116. The highest BCUT2D eigenvalue weighted by atomic mass is 16.5. The highest BCUT2D eigenvalue weighted by molar-refractivity contribution is 5.96. The van der Waals surface area contributed by atoms with Gasteiger partial charge in [-0.3, -0.25) is 19.7 Å². The number of anilines is 4. The van der Waals surface area contributed by atoms with Gasteiger partial charge >= 0.3 is 0 Å². The number of hydrogen-bond donors (Lipinski definition) is 5. The lowest BCUT2D eigenvalue weighted by Gasteiger charge is -2.36. The van der Waals surface area contributed by atoms with Gasteiger partial charge in [-0.1, -0.05) is 19.8 Å². The Morgan fingerprint density at radius 1 is 1.07 bits per heavy atom. The molecular formula is C30H46N8O5. The maximum absolute atomic E-state index is 12.3. The lowest BCUT2D eigenvalue weighted by atomic mass is 10.1. The zero-order valence-corrected chi connectivity index (χ0v) is 25.4. The van der Waals surface area contributed by atoms with Crippen molar-refractivity contribution < 1.29 is 24.3 Å². The van der Waals surface area contributed by atoms with Crippen molar-refractivity contribution >= 4 is 34.8 Å². The first kappa shape index (κ1) is 32.2. The molecule has 0 saturated carbocycles. The Balaban J connectivity index is 1.37. The standard InChI is InChI=1S/C30H46N8O5/c1-3-23-29(32-21-11-18-43-19-12-21)35-30(27(34-23)28(31)40)33-22-9-10-24(25(20-22)42-2)38-16-14-37(15-17-38)13-7-5-4-6-8-26(39)36-41/h9-10,20-21,41H,3-8,11-19H2,1-2H3,(H2,31,40)(H,36,39)(H2,32,33,35). The summed E-state index contributed by atoms with van der Waals surface area (Å²) in [5, 5.41) is 15.3. The number of nitrogens with zero attached hydrogens (tertiary/aromatic N) is 4. The Bertz CT molecular complexity index is 1220. The van der Waals surface area contributed by atoms with E-state index in [-0.39, 0.29) is 17.6 Å².